The van der Waals surface area contributed by atoms with Crippen molar-refractivity contribution in [2.45, 2.75) is 33.1 Å². The normalized spacial score (nSPS) is 27.9. The molecule has 0 aromatic carbocycles. The van der Waals surface area contributed by atoms with E-state index in [1.54, 1.807) is 0 Å². The first-order valence-electron chi connectivity index (χ1n) is 4.29. The van der Waals surface area contributed by atoms with Gasteiger partial charge >= 0.3 is 0 Å². The van der Waals surface area contributed by atoms with Crippen molar-refractivity contribution >= 4 is 0 Å². The largest absolute Gasteiger partial charge is 0.306 e. The Kier molecular flexibility index (Phi) is 2.35. The predicted molar refractivity (Wildman–Crippen MR) is 45.1 cm³/mol. The van der Waals surface area contributed by atoms with Crippen LogP contribution in [-0.4, -0.2) is 25.0 Å². The van der Waals surface area contributed by atoms with Gasteiger partial charge in [-0.3, -0.25) is 0 Å². The Morgan fingerprint density at radius 1 is 1.10 bits per heavy atom. The molecule has 0 saturated carbocycles. The van der Waals surface area contributed by atoms with Gasteiger partial charge in [0.15, 0.2) is 0 Å². The highest BCUT2D eigenvalue weighted by atomic mass is 15.1. The lowest BCUT2D eigenvalue weighted by Gasteiger charge is -2.21. The van der Waals surface area contributed by atoms with Gasteiger partial charge in [-0.1, -0.05) is 13.8 Å². The maximum absolute atomic E-state index is 2.44. The average Bonchev–Trinajstić information content (AvgIpc) is 1.94. The summed E-state index contributed by atoms with van der Waals surface area (Å²) in [4.78, 5) is 2.44. The molecule has 1 fully saturated rings. The summed E-state index contributed by atoms with van der Waals surface area (Å²) in [7, 11) is 2.22. The van der Waals surface area contributed by atoms with Crippen LogP contribution in [0.3, 0.4) is 0 Å². The smallest absolute Gasteiger partial charge is 0.00167 e. The molecule has 10 heavy (non-hydrogen) atoms. The van der Waals surface area contributed by atoms with Gasteiger partial charge in [0.1, 0.15) is 0 Å². The molecule has 0 aliphatic carbocycles. The molecule has 0 spiro atoms. The fraction of sp³-hybridized carbons (Fsp3) is 1.00. The number of nitrogens with zero attached hydrogens (tertiary/aromatic N) is 1. The zero-order valence-corrected chi connectivity index (χ0v) is 7.48. The molecule has 0 N–H and O–H groups in total. The topological polar surface area (TPSA) is 3.24 Å². The molecule has 0 unspecified atom stereocenters. The molecule has 1 rings (SSSR count). The second-order valence-corrected chi connectivity index (χ2v) is 4.32. The molecule has 1 aliphatic heterocycles. The summed E-state index contributed by atoms with van der Waals surface area (Å²) in [5, 5.41) is 0. The zero-order chi connectivity index (χ0) is 7.61. The molecular formula is C9H19N. The minimum absolute atomic E-state index is 0.602. The Balaban J connectivity index is 2.41. The van der Waals surface area contributed by atoms with Gasteiger partial charge in [0.2, 0.25) is 0 Å². The Morgan fingerprint density at radius 2 is 1.80 bits per heavy atom. The lowest BCUT2D eigenvalue weighted by Crippen LogP contribution is -2.20. The fourth-order valence-electron chi connectivity index (χ4n) is 1.56. The third-order valence-corrected chi connectivity index (χ3v) is 2.56. The van der Waals surface area contributed by atoms with Crippen LogP contribution >= 0.6 is 0 Å². The Morgan fingerprint density at radius 3 is 2.50 bits per heavy atom. The van der Waals surface area contributed by atoms with Crippen LogP contribution in [0.5, 0.6) is 0 Å². The summed E-state index contributed by atoms with van der Waals surface area (Å²) in [6, 6.07) is 0. The molecule has 0 amide bonds. The molecule has 0 aromatic rings. The summed E-state index contributed by atoms with van der Waals surface area (Å²) < 4.78 is 0. The summed E-state index contributed by atoms with van der Waals surface area (Å²) in [5.74, 6) is 0. The van der Waals surface area contributed by atoms with Gasteiger partial charge in [-0.2, -0.15) is 0 Å². The molecule has 0 bridgehead atoms. The first-order valence-corrected chi connectivity index (χ1v) is 4.29. The van der Waals surface area contributed by atoms with E-state index in [0.29, 0.717) is 5.41 Å². The maximum Gasteiger partial charge on any atom is -0.00167 e. The van der Waals surface area contributed by atoms with E-state index in [0.717, 1.165) is 0 Å². The van der Waals surface area contributed by atoms with Crippen LogP contribution in [0.2, 0.25) is 0 Å². The fourth-order valence-corrected chi connectivity index (χ4v) is 1.56. The van der Waals surface area contributed by atoms with Gasteiger partial charge in [0.05, 0.1) is 0 Å². The average molecular weight is 141 g/mol. The summed E-state index contributed by atoms with van der Waals surface area (Å²) in [6.45, 7) is 7.34. The lowest BCUT2D eigenvalue weighted by molar-refractivity contribution is 0.296. The predicted octanol–water partition coefficient (Wildman–Crippen LogP) is 2.13. The Hall–Kier alpha value is -0.0400. The third-order valence-electron chi connectivity index (χ3n) is 2.56. The molecule has 1 aliphatic rings. The minimum atomic E-state index is 0.602. The van der Waals surface area contributed by atoms with Gasteiger partial charge in [-0.25, -0.2) is 0 Å². The highest BCUT2D eigenvalue weighted by Crippen LogP contribution is 2.28. The van der Waals surface area contributed by atoms with E-state index < -0.39 is 0 Å². The minimum Gasteiger partial charge on any atom is -0.306 e. The van der Waals surface area contributed by atoms with E-state index in [2.05, 4.69) is 25.8 Å². The van der Waals surface area contributed by atoms with Crippen LogP contribution in [0.15, 0.2) is 0 Å². The zero-order valence-electron chi connectivity index (χ0n) is 7.48. The van der Waals surface area contributed by atoms with Crippen LogP contribution in [-0.2, 0) is 0 Å². The van der Waals surface area contributed by atoms with E-state index in [4.69, 9.17) is 0 Å². The second-order valence-electron chi connectivity index (χ2n) is 4.32. The number of hydrogen-bond acceptors (Lipinski definition) is 1. The summed E-state index contributed by atoms with van der Waals surface area (Å²) in [6.07, 6.45) is 4.14. The van der Waals surface area contributed by atoms with Crippen LogP contribution < -0.4 is 0 Å². The van der Waals surface area contributed by atoms with Gasteiger partial charge < -0.3 is 4.90 Å². The van der Waals surface area contributed by atoms with Gasteiger partial charge in [0, 0.05) is 0 Å². The van der Waals surface area contributed by atoms with Crippen LogP contribution in [0.1, 0.15) is 33.1 Å². The summed E-state index contributed by atoms with van der Waals surface area (Å²) >= 11 is 0. The van der Waals surface area contributed by atoms with E-state index in [9.17, 15) is 0 Å². The highest BCUT2D eigenvalue weighted by Gasteiger charge is 2.20. The Bertz CT molecular complexity index is 107. The standard InChI is InChI=1S/C9H19N/c1-9(2)5-4-7-10(3)8-6-9/h4-8H2,1-3H3. The first-order chi connectivity index (χ1) is 4.60. The van der Waals surface area contributed by atoms with E-state index in [-0.39, 0.29) is 0 Å². The molecule has 1 heterocycles. The Labute approximate surface area is 64.4 Å². The van der Waals surface area contributed by atoms with Crippen molar-refractivity contribution in [1.82, 2.24) is 4.90 Å². The van der Waals surface area contributed by atoms with Gasteiger partial charge in [0.25, 0.3) is 0 Å². The van der Waals surface area contributed by atoms with Gasteiger partial charge in [-0.05, 0) is 44.8 Å². The van der Waals surface area contributed by atoms with Gasteiger partial charge in [-0.15, -0.1) is 0 Å². The van der Waals surface area contributed by atoms with E-state index in [1.165, 1.54) is 32.4 Å². The second kappa shape index (κ2) is 2.91. The molecular weight excluding hydrogens is 122 g/mol. The van der Waals surface area contributed by atoms with Crippen LogP contribution in [0.4, 0.5) is 0 Å². The van der Waals surface area contributed by atoms with Crippen molar-refractivity contribution in [2.75, 3.05) is 20.1 Å². The van der Waals surface area contributed by atoms with Crippen molar-refractivity contribution in [2.24, 2.45) is 5.41 Å². The van der Waals surface area contributed by atoms with Crippen molar-refractivity contribution in [3.8, 4) is 0 Å². The third kappa shape index (κ3) is 2.30. The molecule has 1 saturated heterocycles. The number of rotatable bonds is 0. The van der Waals surface area contributed by atoms with Crippen molar-refractivity contribution in [3.63, 3.8) is 0 Å². The van der Waals surface area contributed by atoms with E-state index >= 15 is 0 Å². The number of likely N-dealkylation sites (tertiary alicyclic amines) is 1. The maximum atomic E-state index is 2.44. The van der Waals surface area contributed by atoms with Crippen molar-refractivity contribution in [1.29, 1.82) is 0 Å². The SMILES string of the molecule is CN1CCCC(C)(C)CC1. The van der Waals surface area contributed by atoms with Crippen molar-refractivity contribution in [3.05, 3.63) is 0 Å². The summed E-state index contributed by atoms with van der Waals surface area (Å²) in [5.41, 5.74) is 0.602. The molecule has 0 radical (unpaired) electrons. The lowest BCUT2D eigenvalue weighted by atomic mass is 9.85. The highest BCUT2D eigenvalue weighted by molar-refractivity contribution is 4.74. The van der Waals surface area contributed by atoms with Crippen LogP contribution in [0, 0.1) is 5.41 Å². The number of hydrogen-bond donors (Lipinski definition) is 0. The quantitative estimate of drug-likeness (QED) is 0.499. The van der Waals surface area contributed by atoms with E-state index in [1.807, 2.05) is 0 Å². The molecule has 1 heteroatoms. The first kappa shape index (κ1) is 8.06. The molecule has 60 valence electrons. The molecule has 1 nitrogen and oxygen atoms in total. The van der Waals surface area contributed by atoms with Crippen molar-refractivity contribution < 1.29 is 0 Å². The monoisotopic (exact) mass is 141 g/mol. The molecule has 0 aromatic heterocycles. The molecule has 0 atom stereocenters. The van der Waals surface area contributed by atoms with Crippen LogP contribution in [0.25, 0.3) is 0 Å².